The Hall–Kier alpha value is -2.11. The van der Waals surface area contributed by atoms with Gasteiger partial charge in [-0.1, -0.05) is 18.2 Å². The maximum Gasteiger partial charge on any atom is 0.407 e. The number of guanidine groups is 1. The first kappa shape index (κ1) is 23.9. The molecule has 0 radical (unpaired) electrons. The number of aliphatic imine (C=N–C) groups is 1. The normalized spacial score (nSPS) is 11.2. The van der Waals surface area contributed by atoms with E-state index in [9.17, 15) is 14.9 Å². The number of nitrogens with zero attached hydrogens (tertiary/aromatic N) is 2. The number of hydrogen-bond donors (Lipinski definition) is 3. The van der Waals surface area contributed by atoms with E-state index >= 15 is 0 Å². The van der Waals surface area contributed by atoms with Crippen LogP contribution in [-0.4, -0.2) is 42.7 Å². The van der Waals surface area contributed by atoms with Crippen LogP contribution in [0.3, 0.4) is 0 Å². The summed E-state index contributed by atoms with van der Waals surface area (Å²) in [5.74, 6) is 0.476. The lowest BCUT2D eigenvalue weighted by Crippen LogP contribution is -2.42. The van der Waals surface area contributed by atoms with Crippen LogP contribution in [0.5, 0.6) is 0 Å². The summed E-state index contributed by atoms with van der Waals surface area (Å²) in [6, 6.07) is 6.50. The quantitative estimate of drug-likeness (QED) is 0.144. The summed E-state index contributed by atoms with van der Waals surface area (Å²) in [6.07, 6.45) is -0.489. The van der Waals surface area contributed by atoms with Crippen LogP contribution in [-0.2, 0) is 11.3 Å². The predicted octanol–water partition coefficient (Wildman–Crippen LogP) is 2.40. The molecule has 0 aliphatic carbocycles. The summed E-state index contributed by atoms with van der Waals surface area (Å²) in [4.78, 5) is 26.1. The van der Waals surface area contributed by atoms with Gasteiger partial charge < -0.3 is 20.7 Å². The molecular formula is C16H26IN5O4. The lowest BCUT2D eigenvalue weighted by molar-refractivity contribution is -0.385. The van der Waals surface area contributed by atoms with Crippen molar-refractivity contribution in [2.24, 2.45) is 4.99 Å². The monoisotopic (exact) mass is 479 g/mol. The molecule has 26 heavy (non-hydrogen) atoms. The highest BCUT2D eigenvalue weighted by atomic mass is 127. The van der Waals surface area contributed by atoms with Gasteiger partial charge >= 0.3 is 6.09 Å². The number of nitro groups is 1. The van der Waals surface area contributed by atoms with Gasteiger partial charge in [0.05, 0.1) is 4.92 Å². The van der Waals surface area contributed by atoms with Crippen molar-refractivity contribution in [2.45, 2.75) is 32.9 Å². The molecule has 0 saturated carbocycles. The van der Waals surface area contributed by atoms with Gasteiger partial charge in [0.25, 0.3) is 5.69 Å². The number of amides is 1. The molecule has 3 N–H and O–H groups in total. The van der Waals surface area contributed by atoms with Crippen molar-refractivity contribution in [3.05, 3.63) is 39.9 Å². The van der Waals surface area contributed by atoms with Crippen LogP contribution in [0.4, 0.5) is 10.5 Å². The van der Waals surface area contributed by atoms with Gasteiger partial charge in [0, 0.05) is 38.3 Å². The number of nitrogens with one attached hydrogen (secondary N) is 3. The van der Waals surface area contributed by atoms with E-state index in [4.69, 9.17) is 4.74 Å². The fourth-order valence-corrected chi connectivity index (χ4v) is 1.90. The van der Waals surface area contributed by atoms with Gasteiger partial charge in [-0.15, -0.1) is 24.0 Å². The first-order chi connectivity index (χ1) is 11.7. The summed E-state index contributed by atoms with van der Waals surface area (Å²) >= 11 is 0. The van der Waals surface area contributed by atoms with Crippen molar-refractivity contribution in [3.8, 4) is 0 Å². The minimum absolute atomic E-state index is 0. The molecule has 0 aliphatic rings. The molecule has 0 aromatic heterocycles. The van der Waals surface area contributed by atoms with Crippen LogP contribution in [0.25, 0.3) is 0 Å². The lowest BCUT2D eigenvalue weighted by Gasteiger charge is -2.19. The third kappa shape index (κ3) is 9.39. The molecule has 1 amide bonds. The Morgan fingerprint density at radius 2 is 1.81 bits per heavy atom. The van der Waals surface area contributed by atoms with E-state index in [2.05, 4.69) is 20.9 Å². The van der Waals surface area contributed by atoms with Gasteiger partial charge in [-0.05, 0) is 20.8 Å². The van der Waals surface area contributed by atoms with E-state index in [-0.39, 0.29) is 36.2 Å². The van der Waals surface area contributed by atoms with Crippen molar-refractivity contribution in [1.82, 2.24) is 16.0 Å². The Balaban J connectivity index is 0.00000625. The molecule has 0 aliphatic heterocycles. The molecule has 0 unspecified atom stereocenters. The van der Waals surface area contributed by atoms with E-state index in [1.165, 1.54) is 6.07 Å². The topological polar surface area (TPSA) is 118 Å². The molecule has 0 fully saturated rings. The maximum absolute atomic E-state index is 11.5. The average Bonchev–Trinajstić information content (AvgIpc) is 2.52. The predicted molar refractivity (Wildman–Crippen MR) is 111 cm³/mol. The van der Waals surface area contributed by atoms with Crippen LogP contribution in [0.2, 0.25) is 0 Å². The highest BCUT2D eigenvalue weighted by molar-refractivity contribution is 14.0. The number of halogens is 1. The minimum Gasteiger partial charge on any atom is -0.444 e. The Bertz CT molecular complexity index is 631. The molecule has 9 nitrogen and oxygen atoms in total. The molecule has 1 aromatic carbocycles. The summed E-state index contributed by atoms with van der Waals surface area (Å²) < 4.78 is 5.12. The first-order valence-corrected chi connectivity index (χ1v) is 7.86. The number of carbonyl (C=O) groups is 1. The van der Waals surface area contributed by atoms with Gasteiger partial charge in [-0.2, -0.15) is 0 Å². The molecule has 0 bridgehead atoms. The molecule has 0 spiro atoms. The molecule has 0 saturated heterocycles. The third-order valence-electron chi connectivity index (χ3n) is 2.94. The fraction of sp³-hybridized carbons (Fsp3) is 0.500. The zero-order chi connectivity index (χ0) is 18.9. The standard InChI is InChI=1S/C16H25N5O4.HI/c1-16(2,3)25-15(22)19-10-9-18-14(17-4)20-11-12-7-5-6-8-13(12)21(23)24;/h5-8H,9-11H2,1-4H3,(H,19,22)(H2,17,18,20);1H. The van der Waals surface area contributed by atoms with E-state index in [1.54, 1.807) is 46.0 Å². The van der Waals surface area contributed by atoms with Crippen molar-refractivity contribution in [2.75, 3.05) is 20.1 Å². The van der Waals surface area contributed by atoms with Crippen LogP contribution in [0.15, 0.2) is 29.3 Å². The van der Waals surface area contributed by atoms with Gasteiger partial charge in [0.1, 0.15) is 5.60 Å². The Kier molecular flexibility index (Phi) is 10.6. The summed E-state index contributed by atoms with van der Waals surface area (Å²) in [5, 5.41) is 19.6. The van der Waals surface area contributed by atoms with Crippen LogP contribution in [0, 0.1) is 10.1 Å². The smallest absolute Gasteiger partial charge is 0.407 e. The van der Waals surface area contributed by atoms with Gasteiger partial charge in [0.15, 0.2) is 5.96 Å². The highest BCUT2D eigenvalue weighted by Crippen LogP contribution is 2.16. The number of nitro benzene ring substituents is 1. The van der Waals surface area contributed by atoms with Crippen LogP contribution < -0.4 is 16.0 Å². The Labute approximate surface area is 170 Å². The number of carbonyl (C=O) groups excluding carboxylic acids is 1. The number of hydrogen-bond acceptors (Lipinski definition) is 5. The second kappa shape index (κ2) is 11.5. The molecule has 0 heterocycles. The van der Waals surface area contributed by atoms with Gasteiger partial charge in [-0.25, -0.2) is 4.79 Å². The van der Waals surface area contributed by atoms with E-state index in [0.717, 1.165) is 0 Å². The van der Waals surface area contributed by atoms with Gasteiger partial charge in [-0.3, -0.25) is 15.1 Å². The second-order valence-electron chi connectivity index (χ2n) is 6.17. The number of ether oxygens (including phenoxy) is 1. The zero-order valence-electron chi connectivity index (χ0n) is 15.4. The molecule has 1 aromatic rings. The largest absolute Gasteiger partial charge is 0.444 e. The van der Waals surface area contributed by atoms with Crippen molar-refractivity contribution in [1.29, 1.82) is 0 Å². The van der Waals surface area contributed by atoms with Crippen LogP contribution >= 0.6 is 24.0 Å². The Morgan fingerprint density at radius 3 is 2.38 bits per heavy atom. The maximum atomic E-state index is 11.5. The summed E-state index contributed by atoms with van der Waals surface area (Å²) in [6.45, 7) is 6.41. The van der Waals surface area contributed by atoms with Crippen molar-refractivity contribution < 1.29 is 14.5 Å². The molecular weight excluding hydrogens is 453 g/mol. The van der Waals surface area contributed by atoms with E-state index in [1.807, 2.05) is 0 Å². The van der Waals surface area contributed by atoms with E-state index in [0.29, 0.717) is 24.6 Å². The summed E-state index contributed by atoms with van der Waals surface area (Å²) in [7, 11) is 1.59. The average molecular weight is 479 g/mol. The third-order valence-corrected chi connectivity index (χ3v) is 2.94. The molecule has 146 valence electrons. The fourth-order valence-electron chi connectivity index (χ4n) is 1.90. The van der Waals surface area contributed by atoms with E-state index < -0.39 is 16.6 Å². The second-order valence-corrected chi connectivity index (χ2v) is 6.17. The molecule has 0 atom stereocenters. The van der Waals surface area contributed by atoms with Crippen LogP contribution in [0.1, 0.15) is 26.3 Å². The lowest BCUT2D eigenvalue weighted by atomic mass is 10.2. The number of benzene rings is 1. The van der Waals surface area contributed by atoms with Crippen molar-refractivity contribution in [3.63, 3.8) is 0 Å². The Morgan fingerprint density at radius 1 is 1.19 bits per heavy atom. The molecule has 1 rings (SSSR count). The number of rotatable bonds is 6. The summed E-state index contributed by atoms with van der Waals surface area (Å²) in [5.41, 5.74) is 0.0684. The molecule has 10 heteroatoms. The minimum atomic E-state index is -0.542. The van der Waals surface area contributed by atoms with Crippen molar-refractivity contribution >= 4 is 41.7 Å². The number of para-hydroxylation sites is 1. The highest BCUT2D eigenvalue weighted by Gasteiger charge is 2.15. The first-order valence-electron chi connectivity index (χ1n) is 7.86. The zero-order valence-corrected chi connectivity index (χ0v) is 17.7. The van der Waals surface area contributed by atoms with Gasteiger partial charge in [0.2, 0.25) is 0 Å². The SMILES string of the molecule is CN=C(NCCNC(=O)OC(C)(C)C)NCc1ccccc1[N+](=O)[O-].I. The number of alkyl carbamates (subject to hydrolysis) is 1.